The molecular weight excluding hydrogens is 179 g/mol. The molecular formula is C4HBrFS. The first kappa shape index (κ1) is 5.25. The van der Waals surface area contributed by atoms with Crippen LogP contribution in [0, 0.1) is 11.2 Å². The maximum Gasteiger partial charge on any atom is 0.143 e. The van der Waals surface area contributed by atoms with E-state index in [-0.39, 0.29) is 5.82 Å². The molecule has 0 aliphatic carbocycles. The van der Waals surface area contributed by atoms with Crippen molar-refractivity contribution in [2.75, 3.05) is 0 Å². The lowest BCUT2D eigenvalue weighted by molar-refractivity contribution is 0.631. The first-order valence-corrected chi connectivity index (χ1v) is 3.22. The van der Waals surface area contributed by atoms with E-state index in [2.05, 4.69) is 21.3 Å². The fourth-order valence-electron chi connectivity index (χ4n) is 0.256. The van der Waals surface area contributed by atoms with Crippen molar-refractivity contribution in [3.8, 4) is 0 Å². The highest BCUT2D eigenvalue weighted by Gasteiger charge is 1.91. The third-order valence-corrected chi connectivity index (χ3v) is 1.81. The number of hydrogen-bond donors (Lipinski definition) is 0. The molecule has 0 aliphatic heterocycles. The van der Waals surface area contributed by atoms with Gasteiger partial charge >= 0.3 is 0 Å². The van der Waals surface area contributed by atoms with Crippen LogP contribution < -0.4 is 0 Å². The van der Waals surface area contributed by atoms with Crippen LogP contribution in [0.2, 0.25) is 0 Å². The van der Waals surface area contributed by atoms with E-state index in [1.807, 2.05) is 0 Å². The Labute approximate surface area is 53.1 Å². The third kappa shape index (κ3) is 1.24. The lowest BCUT2D eigenvalue weighted by Crippen LogP contribution is -1.51. The summed E-state index contributed by atoms with van der Waals surface area (Å²) in [5.41, 5.74) is 0. The fourth-order valence-corrected chi connectivity index (χ4v) is 1.12. The second-order valence-corrected chi connectivity index (χ2v) is 3.23. The Bertz CT molecular complexity index is 144. The van der Waals surface area contributed by atoms with Gasteiger partial charge in [-0.2, -0.15) is 0 Å². The summed E-state index contributed by atoms with van der Waals surface area (Å²) >= 11 is 4.30. The molecule has 1 radical (unpaired) electrons. The summed E-state index contributed by atoms with van der Waals surface area (Å²) in [6.07, 6.45) is 0. The van der Waals surface area contributed by atoms with Gasteiger partial charge in [-0.1, -0.05) is 0 Å². The second kappa shape index (κ2) is 1.92. The van der Waals surface area contributed by atoms with Gasteiger partial charge in [-0.25, -0.2) is 4.39 Å². The molecule has 7 heavy (non-hydrogen) atoms. The number of thiophene rings is 1. The summed E-state index contributed by atoms with van der Waals surface area (Å²) < 4.78 is 12.6. The van der Waals surface area contributed by atoms with Crippen molar-refractivity contribution in [2.24, 2.45) is 0 Å². The minimum Gasteiger partial charge on any atom is -0.205 e. The zero-order valence-corrected chi connectivity index (χ0v) is 5.64. The molecule has 0 unspecified atom stereocenters. The van der Waals surface area contributed by atoms with Gasteiger partial charge in [-0.15, -0.1) is 11.3 Å². The molecule has 1 rings (SSSR count). The van der Waals surface area contributed by atoms with Gasteiger partial charge in [0, 0.05) is 0 Å². The molecule has 0 nitrogen and oxygen atoms in total. The quantitative estimate of drug-likeness (QED) is 0.575. The van der Waals surface area contributed by atoms with Gasteiger partial charge in [0.25, 0.3) is 0 Å². The molecule has 1 aromatic heterocycles. The average Bonchev–Trinajstić information content (AvgIpc) is 1.87. The molecule has 1 aromatic rings. The van der Waals surface area contributed by atoms with Crippen LogP contribution in [0.5, 0.6) is 0 Å². The average molecular weight is 180 g/mol. The van der Waals surface area contributed by atoms with Gasteiger partial charge in [0.1, 0.15) is 5.82 Å². The Morgan fingerprint density at radius 2 is 2.57 bits per heavy atom. The summed E-state index contributed by atoms with van der Waals surface area (Å²) in [6, 6.07) is 1.38. The van der Waals surface area contributed by atoms with Crippen molar-refractivity contribution in [3.05, 3.63) is 21.1 Å². The molecule has 0 saturated heterocycles. The predicted octanol–water partition coefficient (Wildman–Crippen LogP) is 2.45. The topological polar surface area (TPSA) is 0 Å². The van der Waals surface area contributed by atoms with Crippen molar-refractivity contribution in [1.82, 2.24) is 0 Å². The van der Waals surface area contributed by atoms with E-state index in [1.54, 1.807) is 0 Å². The van der Waals surface area contributed by atoms with Crippen LogP contribution in [0.3, 0.4) is 0 Å². The lowest BCUT2D eigenvalue weighted by Gasteiger charge is -1.64. The largest absolute Gasteiger partial charge is 0.205 e. The van der Waals surface area contributed by atoms with Gasteiger partial charge in [0.05, 0.1) is 9.17 Å². The minimum atomic E-state index is -0.295. The third-order valence-electron chi connectivity index (χ3n) is 0.486. The zero-order chi connectivity index (χ0) is 5.28. The highest BCUT2D eigenvalue weighted by Crippen LogP contribution is 2.17. The van der Waals surface area contributed by atoms with E-state index < -0.39 is 0 Å². The molecule has 0 atom stereocenters. The van der Waals surface area contributed by atoms with Crippen molar-refractivity contribution >= 4 is 27.3 Å². The lowest BCUT2D eigenvalue weighted by atomic mass is 10.6. The summed E-state index contributed by atoms with van der Waals surface area (Å²) in [5, 5.41) is 2.40. The van der Waals surface area contributed by atoms with Crippen LogP contribution >= 0.6 is 27.3 Å². The molecule has 0 saturated carbocycles. The molecule has 0 N–H and O–H groups in total. The van der Waals surface area contributed by atoms with Crippen LogP contribution in [-0.4, -0.2) is 0 Å². The Kier molecular flexibility index (Phi) is 1.44. The first-order valence-electron chi connectivity index (χ1n) is 1.61. The van der Waals surface area contributed by atoms with Gasteiger partial charge in [0.2, 0.25) is 0 Å². The highest BCUT2D eigenvalue weighted by atomic mass is 79.9. The summed E-state index contributed by atoms with van der Waals surface area (Å²) in [5.74, 6) is -0.295. The molecule has 0 amide bonds. The maximum atomic E-state index is 11.9. The van der Waals surface area contributed by atoms with Crippen LogP contribution in [0.25, 0.3) is 0 Å². The zero-order valence-electron chi connectivity index (χ0n) is 3.24. The summed E-state index contributed by atoms with van der Waals surface area (Å²) in [4.78, 5) is 0. The molecule has 0 aliphatic rings. The van der Waals surface area contributed by atoms with E-state index in [1.165, 1.54) is 17.4 Å². The summed E-state index contributed by atoms with van der Waals surface area (Å²) in [7, 11) is 0. The number of rotatable bonds is 0. The fraction of sp³-hybridized carbons (Fsp3) is 0. The number of hydrogen-bond acceptors (Lipinski definition) is 1. The molecule has 0 bridgehead atoms. The van der Waals surface area contributed by atoms with Gasteiger partial charge in [0.15, 0.2) is 0 Å². The van der Waals surface area contributed by atoms with Crippen LogP contribution in [0.4, 0.5) is 4.39 Å². The standard InChI is InChI=1S/C4HBrFS/c5-4-1-3(6)2-7-4/h1H. The van der Waals surface area contributed by atoms with E-state index in [4.69, 9.17) is 0 Å². The number of halogens is 2. The normalized spacial score (nSPS) is 9.43. The van der Waals surface area contributed by atoms with Crippen LogP contribution in [0.15, 0.2) is 9.85 Å². The van der Waals surface area contributed by atoms with Crippen molar-refractivity contribution in [3.63, 3.8) is 0 Å². The summed E-state index contributed by atoms with van der Waals surface area (Å²) in [6.45, 7) is 0. The Morgan fingerprint density at radius 3 is 2.71 bits per heavy atom. The maximum absolute atomic E-state index is 11.9. The Balaban J connectivity index is 3.04. The van der Waals surface area contributed by atoms with E-state index in [0.717, 1.165) is 3.79 Å². The molecule has 0 fully saturated rings. The van der Waals surface area contributed by atoms with Gasteiger partial charge < -0.3 is 0 Å². The van der Waals surface area contributed by atoms with E-state index >= 15 is 0 Å². The van der Waals surface area contributed by atoms with Gasteiger partial charge in [-0.05, 0) is 22.0 Å². The molecule has 0 spiro atoms. The minimum absolute atomic E-state index is 0.295. The molecule has 37 valence electrons. The van der Waals surface area contributed by atoms with Crippen LogP contribution in [-0.2, 0) is 0 Å². The van der Waals surface area contributed by atoms with Crippen molar-refractivity contribution < 1.29 is 4.39 Å². The van der Waals surface area contributed by atoms with E-state index in [9.17, 15) is 4.39 Å². The predicted molar refractivity (Wildman–Crippen MR) is 30.8 cm³/mol. The molecule has 1 heterocycles. The Hall–Kier alpha value is 0.110. The second-order valence-electron chi connectivity index (χ2n) is 1.00. The Morgan fingerprint density at radius 1 is 1.86 bits per heavy atom. The van der Waals surface area contributed by atoms with Crippen molar-refractivity contribution in [1.29, 1.82) is 0 Å². The highest BCUT2D eigenvalue weighted by molar-refractivity contribution is 9.11. The first-order chi connectivity index (χ1) is 3.29. The van der Waals surface area contributed by atoms with Gasteiger partial charge in [-0.3, -0.25) is 0 Å². The monoisotopic (exact) mass is 179 g/mol. The molecule has 0 aromatic carbocycles. The van der Waals surface area contributed by atoms with Crippen molar-refractivity contribution in [2.45, 2.75) is 0 Å². The smallest absolute Gasteiger partial charge is 0.143 e. The SMILES string of the molecule is Fc1[c]sc(Br)c1. The molecule has 3 heteroatoms. The van der Waals surface area contributed by atoms with E-state index in [0.29, 0.717) is 0 Å². The van der Waals surface area contributed by atoms with Crippen LogP contribution in [0.1, 0.15) is 0 Å².